The lowest BCUT2D eigenvalue weighted by molar-refractivity contribution is 0.101. The summed E-state index contributed by atoms with van der Waals surface area (Å²) in [6.45, 7) is 2.32. The van der Waals surface area contributed by atoms with E-state index in [1.165, 1.54) is 16.2 Å². The van der Waals surface area contributed by atoms with Crippen molar-refractivity contribution in [3.63, 3.8) is 0 Å². The molecular weight excluding hydrogens is 364 g/mol. The molecule has 0 saturated carbocycles. The van der Waals surface area contributed by atoms with Crippen molar-refractivity contribution >= 4 is 45.5 Å². The molecule has 0 spiro atoms. The Bertz CT molecular complexity index is 805. The van der Waals surface area contributed by atoms with Crippen molar-refractivity contribution in [1.82, 2.24) is 15.2 Å². The Morgan fingerprint density at radius 1 is 1.33 bits per heavy atom. The molecule has 3 aromatic heterocycles. The molecule has 0 radical (unpaired) electrons. The van der Waals surface area contributed by atoms with Gasteiger partial charge in [0.25, 0.3) is 5.91 Å². The molecule has 0 atom stereocenters. The number of pyridine rings is 1. The molecule has 1 N–H and O–H groups in total. The van der Waals surface area contributed by atoms with Crippen LogP contribution in [0.25, 0.3) is 0 Å². The molecule has 0 aliphatic heterocycles. The number of hydrogen-bond donors (Lipinski definition) is 1. The SMILES string of the molecule is CCOc1cccnc1C(=O)Nc1nnc(SCc2cccs2)s1. The molecule has 3 aromatic rings. The Labute approximate surface area is 151 Å². The number of anilines is 1. The van der Waals surface area contributed by atoms with Gasteiger partial charge in [-0.3, -0.25) is 10.1 Å². The van der Waals surface area contributed by atoms with E-state index in [9.17, 15) is 4.79 Å². The first-order valence-electron chi connectivity index (χ1n) is 7.14. The van der Waals surface area contributed by atoms with Gasteiger partial charge in [0.2, 0.25) is 5.13 Å². The molecule has 0 fully saturated rings. The van der Waals surface area contributed by atoms with Crippen molar-refractivity contribution < 1.29 is 9.53 Å². The van der Waals surface area contributed by atoms with Gasteiger partial charge in [0.1, 0.15) is 0 Å². The molecule has 0 bridgehead atoms. The van der Waals surface area contributed by atoms with E-state index in [-0.39, 0.29) is 11.6 Å². The molecule has 9 heteroatoms. The lowest BCUT2D eigenvalue weighted by atomic mass is 10.3. The van der Waals surface area contributed by atoms with Gasteiger partial charge < -0.3 is 4.74 Å². The second kappa shape index (κ2) is 8.22. The lowest BCUT2D eigenvalue weighted by Gasteiger charge is -2.07. The maximum Gasteiger partial charge on any atom is 0.279 e. The molecule has 1 amide bonds. The van der Waals surface area contributed by atoms with Gasteiger partial charge in [-0.2, -0.15) is 0 Å². The van der Waals surface area contributed by atoms with Gasteiger partial charge >= 0.3 is 0 Å². The molecule has 0 saturated heterocycles. The monoisotopic (exact) mass is 378 g/mol. The van der Waals surface area contributed by atoms with Crippen LogP contribution in [0.1, 0.15) is 22.3 Å². The maximum absolute atomic E-state index is 12.3. The van der Waals surface area contributed by atoms with E-state index in [2.05, 4.69) is 26.6 Å². The molecule has 24 heavy (non-hydrogen) atoms. The Morgan fingerprint density at radius 2 is 2.25 bits per heavy atom. The van der Waals surface area contributed by atoms with Crippen LogP contribution in [0.5, 0.6) is 5.75 Å². The molecule has 0 aliphatic carbocycles. The number of rotatable bonds is 7. The van der Waals surface area contributed by atoms with E-state index in [0.717, 1.165) is 10.1 Å². The van der Waals surface area contributed by atoms with Crippen molar-refractivity contribution in [2.24, 2.45) is 0 Å². The maximum atomic E-state index is 12.3. The highest BCUT2D eigenvalue weighted by atomic mass is 32.2. The minimum absolute atomic E-state index is 0.238. The van der Waals surface area contributed by atoms with Gasteiger partial charge in [-0.25, -0.2) is 4.98 Å². The summed E-state index contributed by atoms with van der Waals surface area (Å²) in [6, 6.07) is 7.55. The second-order valence-electron chi connectivity index (χ2n) is 4.48. The van der Waals surface area contributed by atoms with E-state index in [0.29, 0.717) is 17.5 Å². The number of hydrogen-bond acceptors (Lipinski definition) is 8. The van der Waals surface area contributed by atoms with Crippen LogP contribution in [0, 0.1) is 0 Å². The Kier molecular flexibility index (Phi) is 5.78. The Balaban J connectivity index is 1.63. The summed E-state index contributed by atoms with van der Waals surface area (Å²) in [5.41, 5.74) is 0.238. The van der Waals surface area contributed by atoms with Crippen LogP contribution < -0.4 is 10.1 Å². The first-order chi connectivity index (χ1) is 11.8. The number of ether oxygens (including phenoxy) is 1. The number of carbonyl (C=O) groups excluding carboxylic acids is 1. The van der Waals surface area contributed by atoms with Gasteiger partial charge in [0.15, 0.2) is 15.8 Å². The third-order valence-electron chi connectivity index (χ3n) is 2.83. The van der Waals surface area contributed by atoms with Gasteiger partial charge in [-0.15, -0.1) is 21.5 Å². The van der Waals surface area contributed by atoms with Crippen molar-refractivity contribution in [3.8, 4) is 5.75 Å². The third-order valence-corrected chi connectivity index (χ3v) is 5.91. The van der Waals surface area contributed by atoms with Crippen LogP contribution in [-0.4, -0.2) is 27.7 Å². The zero-order valence-corrected chi connectivity index (χ0v) is 15.2. The quantitative estimate of drug-likeness (QED) is 0.496. The molecule has 0 aromatic carbocycles. The third kappa shape index (κ3) is 4.31. The number of nitrogens with one attached hydrogen (secondary N) is 1. The lowest BCUT2D eigenvalue weighted by Crippen LogP contribution is -2.15. The average Bonchev–Trinajstić information content (AvgIpc) is 3.25. The van der Waals surface area contributed by atoms with E-state index >= 15 is 0 Å². The van der Waals surface area contributed by atoms with E-state index in [1.54, 1.807) is 41.4 Å². The van der Waals surface area contributed by atoms with Crippen LogP contribution in [-0.2, 0) is 5.75 Å². The van der Waals surface area contributed by atoms with Crippen molar-refractivity contribution in [1.29, 1.82) is 0 Å². The molecule has 3 heterocycles. The Morgan fingerprint density at radius 3 is 3.04 bits per heavy atom. The largest absolute Gasteiger partial charge is 0.491 e. The number of thiophene rings is 1. The van der Waals surface area contributed by atoms with Crippen molar-refractivity contribution in [2.45, 2.75) is 17.0 Å². The van der Waals surface area contributed by atoms with Crippen LogP contribution in [0.3, 0.4) is 0 Å². The summed E-state index contributed by atoms with van der Waals surface area (Å²) in [7, 11) is 0. The fourth-order valence-corrected chi connectivity index (χ4v) is 4.36. The highest BCUT2D eigenvalue weighted by Gasteiger charge is 2.16. The van der Waals surface area contributed by atoms with Gasteiger partial charge in [0, 0.05) is 16.8 Å². The molecule has 3 rings (SSSR count). The number of amides is 1. The normalized spacial score (nSPS) is 10.5. The molecule has 0 unspecified atom stereocenters. The molecular formula is C15H14N4O2S3. The van der Waals surface area contributed by atoms with E-state index in [4.69, 9.17) is 4.74 Å². The minimum atomic E-state index is -0.356. The van der Waals surface area contributed by atoms with Gasteiger partial charge in [-0.05, 0) is 30.5 Å². The van der Waals surface area contributed by atoms with Crippen LogP contribution >= 0.6 is 34.4 Å². The van der Waals surface area contributed by atoms with Gasteiger partial charge in [0.05, 0.1) is 6.61 Å². The van der Waals surface area contributed by atoms with E-state index in [1.807, 2.05) is 18.4 Å². The van der Waals surface area contributed by atoms with Crippen LogP contribution in [0.2, 0.25) is 0 Å². The van der Waals surface area contributed by atoms with Gasteiger partial charge in [-0.1, -0.05) is 29.2 Å². The molecule has 124 valence electrons. The standard InChI is InChI=1S/C15H14N4O2S3/c1-2-21-11-6-3-7-16-12(11)13(20)17-14-18-19-15(24-14)23-9-10-5-4-8-22-10/h3-8H,2,9H2,1H3,(H,17,18,20). The van der Waals surface area contributed by atoms with Crippen molar-refractivity contribution in [2.75, 3.05) is 11.9 Å². The number of nitrogens with zero attached hydrogens (tertiary/aromatic N) is 3. The number of thioether (sulfide) groups is 1. The van der Waals surface area contributed by atoms with E-state index < -0.39 is 0 Å². The fourth-order valence-electron chi connectivity index (χ4n) is 1.84. The summed E-state index contributed by atoms with van der Waals surface area (Å²) in [5.74, 6) is 0.939. The average molecular weight is 379 g/mol. The zero-order valence-electron chi connectivity index (χ0n) is 12.8. The second-order valence-corrected chi connectivity index (χ2v) is 7.71. The van der Waals surface area contributed by atoms with Crippen LogP contribution in [0.4, 0.5) is 5.13 Å². The smallest absolute Gasteiger partial charge is 0.279 e. The fraction of sp³-hybridized carbons (Fsp3) is 0.200. The first-order valence-corrected chi connectivity index (χ1v) is 9.82. The van der Waals surface area contributed by atoms with Crippen LogP contribution in [0.15, 0.2) is 40.2 Å². The first kappa shape index (κ1) is 16.9. The highest BCUT2D eigenvalue weighted by molar-refractivity contribution is 8.00. The molecule has 0 aliphatic rings. The summed E-state index contributed by atoms with van der Waals surface area (Å²) < 4.78 is 6.23. The summed E-state index contributed by atoms with van der Waals surface area (Å²) in [5, 5.41) is 13.3. The summed E-state index contributed by atoms with van der Waals surface area (Å²) in [6.07, 6.45) is 1.56. The summed E-state index contributed by atoms with van der Waals surface area (Å²) in [4.78, 5) is 17.7. The minimum Gasteiger partial charge on any atom is -0.491 e. The highest BCUT2D eigenvalue weighted by Crippen LogP contribution is 2.30. The molecule has 6 nitrogen and oxygen atoms in total. The number of carbonyl (C=O) groups is 1. The Hall–Kier alpha value is -1.97. The van der Waals surface area contributed by atoms with Crippen molar-refractivity contribution in [3.05, 3.63) is 46.4 Å². The predicted molar refractivity (Wildman–Crippen MR) is 97.1 cm³/mol. The number of aromatic nitrogens is 3. The summed E-state index contributed by atoms with van der Waals surface area (Å²) >= 11 is 4.65. The topological polar surface area (TPSA) is 77.0 Å². The predicted octanol–water partition coefficient (Wildman–Crippen LogP) is 3.94. The zero-order chi connectivity index (χ0) is 16.8.